The molecule has 2 aromatic rings. The number of oxime groups is 1. The largest absolute Gasteiger partial charge is 0.409 e. The van der Waals surface area contributed by atoms with E-state index in [2.05, 4.69) is 31.4 Å². The van der Waals surface area contributed by atoms with E-state index in [1.54, 1.807) is 24.4 Å². The molecule has 2 rings (SSSR count). The molecule has 1 aromatic heterocycles. The van der Waals surface area contributed by atoms with Crippen LogP contribution in [0.2, 0.25) is 0 Å². The highest BCUT2D eigenvalue weighted by molar-refractivity contribution is 9.10. The maximum absolute atomic E-state index is 13.6. The van der Waals surface area contributed by atoms with Gasteiger partial charge in [-0.05, 0) is 46.6 Å². The Hall–Kier alpha value is -2.15. The lowest BCUT2D eigenvalue weighted by Gasteiger charge is -2.12. The molecule has 21 heavy (non-hydrogen) atoms. The first-order valence-corrected chi connectivity index (χ1v) is 6.93. The molecule has 0 atom stereocenters. The molecule has 0 aliphatic carbocycles. The summed E-state index contributed by atoms with van der Waals surface area (Å²) in [6, 6.07) is 6.67. The van der Waals surface area contributed by atoms with Gasteiger partial charge in [0.25, 0.3) is 0 Å². The van der Waals surface area contributed by atoms with Crippen molar-refractivity contribution in [1.29, 1.82) is 0 Å². The number of pyridine rings is 1. The van der Waals surface area contributed by atoms with Crippen molar-refractivity contribution < 1.29 is 9.60 Å². The third-order valence-corrected chi connectivity index (χ3v) is 3.59. The zero-order valence-electron chi connectivity index (χ0n) is 11.3. The highest BCUT2D eigenvalue weighted by Crippen LogP contribution is 2.24. The van der Waals surface area contributed by atoms with E-state index in [1.165, 1.54) is 6.07 Å². The third-order valence-electron chi connectivity index (χ3n) is 2.98. The molecule has 4 N–H and O–H groups in total. The molecule has 1 heterocycles. The van der Waals surface area contributed by atoms with E-state index >= 15 is 0 Å². The molecular formula is C14H14BrFN4O. The summed E-state index contributed by atoms with van der Waals surface area (Å²) < 4.78 is 14.0. The number of amidine groups is 1. The Bertz CT molecular complexity index is 691. The molecule has 0 fully saturated rings. The van der Waals surface area contributed by atoms with E-state index in [1.807, 2.05) is 6.92 Å². The van der Waals surface area contributed by atoms with Crippen LogP contribution in [-0.4, -0.2) is 16.0 Å². The molecule has 7 heteroatoms. The van der Waals surface area contributed by atoms with Crippen LogP contribution >= 0.6 is 15.9 Å². The molecule has 1 aromatic carbocycles. The normalized spacial score (nSPS) is 11.5. The summed E-state index contributed by atoms with van der Waals surface area (Å²) in [4.78, 5) is 4.08. The second kappa shape index (κ2) is 6.53. The minimum Gasteiger partial charge on any atom is -0.409 e. The van der Waals surface area contributed by atoms with Crippen LogP contribution < -0.4 is 11.1 Å². The minimum absolute atomic E-state index is 0.0638. The SMILES string of the molecule is Cc1cc(Br)c(F)cc1NCc1cccnc1/C(N)=N/O. The van der Waals surface area contributed by atoms with Crippen LogP contribution in [0.4, 0.5) is 10.1 Å². The van der Waals surface area contributed by atoms with Crippen molar-refractivity contribution in [3.8, 4) is 0 Å². The third kappa shape index (κ3) is 3.49. The lowest BCUT2D eigenvalue weighted by molar-refractivity contribution is 0.318. The predicted octanol–water partition coefficient (Wildman–Crippen LogP) is 3.00. The minimum atomic E-state index is -0.342. The number of nitrogens with zero attached hydrogens (tertiary/aromatic N) is 2. The molecule has 110 valence electrons. The van der Waals surface area contributed by atoms with Crippen molar-refractivity contribution in [3.05, 3.63) is 57.6 Å². The van der Waals surface area contributed by atoms with Gasteiger partial charge in [0.15, 0.2) is 5.84 Å². The molecule has 0 saturated carbocycles. The van der Waals surface area contributed by atoms with Gasteiger partial charge in [-0.25, -0.2) is 4.39 Å². The lowest BCUT2D eigenvalue weighted by atomic mass is 10.1. The number of aryl methyl sites for hydroxylation is 1. The van der Waals surface area contributed by atoms with Crippen LogP contribution in [-0.2, 0) is 6.54 Å². The summed E-state index contributed by atoms with van der Waals surface area (Å²) >= 11 is 3.14. The topological polar surface area (TPSA) is 83.5 Å². The first kappa shape index (κ1) is 15.2. The van der Waals surface area contributed by atoms with Gasteiger partial charge in [0, 0.05) is 24.0 Å². The molecular weight excluding hydrogens is 339 g/mol. The van der Waals surface area contributed by atoms with Gasteiger partial charge in [0.2, 0.25) is 0 Å². The summed E-state index contributed by atoms with van der Waals surface area (Å²) in [5, 5.41) is 14.8. The lowest BCUT2D eigenvalue weighted by Crippen LogP contribution is -2.18. The van der Waals surface area contributed by atoms with Crippen LogP contribution in [0.25, 0.3) is 0 Å². The Morgan fingerprint density at radius 1 is 1.52 bits per heavy atom. The quantitative estimate of drug-likeness (QED) is 0.342. The number of anilines is 1. The summed E-state index contributed by atoms with van der Waals surface area (Å²) in [5.74, 6) is -0.406. The van der Waals surface area contributed by atoms with Crippen LogP contribution in [0.3, 0.4) is 0 Å². The van der Waals surface area contributed by atoms with E-state index < -0.39 is 0 Å². The number of hydrogen-bond acceptors (Lipinski definition) is 4. The number of nitrogens with one attached hydrogen (secondary N) is 1. The summed E-state index contributed by atoms with van der Waals surface area (Å²) in [7, 11) is 0. The standard InChI is InChI=1S/C14H14BrFN4O/c1-8-5-10(15)11(16)6-12(8)19-7-9-3-2-4-18-13(9)14(17)20-21/h2-6,19,21H,7H2,1H3,(H2,17,20). The van der Waals surface area contributed by atoms with Crippen molar-refractivity contribution >= 4 is 27.5 Å². The van der Waals surface area contributed by atoms with Gasteiger partial charge >= 0.3 is 0 Å². The van der Waals surface area contributed by atoms with Crippen molar-refractivity contribution in [1.82, 2.24) is 4.98 Å². The predicted molar refractivity (Wildman–Crippen MR) is 82.9 cm³/mol. The number of aromatic nitrogens is 1. The van der Waals surface area contributed by atoms with E-state index in [0.29, 0.717) is 22.4 Å². The van der Waals surface area contributed by atoms with Crippen molar-refractivity contribution in [2.45, 2.75) is 13.5 Å². The Morgan fingerprint density at radius 2 is 2.29 bits per heavy atom. The molecule has 0 spiro atoms. The Balaban J connectivity index is 2.23. The molecule has 0 aliphatic rings. The molecule has 5 nitrogen and oxygen atoms in total. The average Bonchev–Trinajstić information content (AvgIpc) is 2.49. The molecule has 0 unspecified atom stereocenters. The van der Waals surface area contributed by atoms with Gasteiger partial charge in [0.05, 0.1) is 4.47 Å². The van der Waals surface area contributed by atoms with Crippen molar-refractivity contribution in [3.63, 3.8) is 0 Å². The Kier molecular flexibility index (Phi) is 4.74. The second-order valence-electron chi connectivity index (χ2n) is 4.43. The van der Waals surface area contributed by atoms with Gasteiger partial charge in [-0.1, -0.05) is 11.2 Å². The smallest absolute Gasteiger partial charge is 0.189 e. The van der Waals surface area contributed by atoms with Gasteiger partial charge in [0.1, 0.15) is 11.5 Å². The van der Waals surface area contributed by atoms with Gasteiger partial charge in [-0.3, -0.25) is 4.98 Å². The molecule has 0 saturated heterocycles. The first-order valence-electron chi connectivity index (χ1n) is 6.14. The molecule has 0 bridgehead atoms. The number of hydrogen-bond donors (Lipinski definition) is 3. The second-order valence-corrected chi connectivity index (χ2v) is 5.29. The highest BCUT2D eigenvalue weighted by Gasteiger charge is 2.09. The number of halogens is 2. The van der Waals surface area contributed by atoms with Crippen molar-refractivity contribution in [2.75, 3.05) is 5.32 Å². The fraction of sp³-hybridized carbons (Fsp3) is 0.143. The zero-order valence-corrected chi connectivity index (χ0v) is 12.9. The maximum Gasteiger partial charge on any atom is 0.189 e. The van der Waals surface area contributed by atoms with Gasteiger partial charge in [-0.15, -0.1) is 0 Å². The summed E-state index contributed by atoms with van der Waals surface area (Å²) in [6.07, 6.45) is 1.56. The Morgan fingerprint density at radius 3 is 3.00 bits per heavy atom. The zero-order chi connectivity index (χ0) is 15.4. The van der Waals surface area contributed by atoms with E-state index in [0.717, 1.165) is 11.1 Å². The first-order chi connectivity index (χ1) is 10.0. The number of nitrogens with two attached hydrogens (primary N) is 1. The highest BCUT2D eigenvalue weighted by atomic mass is 79.9. The fourth-order valence-corrected chi connectivity index (χ4v) is 2.34. The van der Waals surface area contributed by atoms with Crippen molar-refractivity contribution in [2.24, 2.45) is 10.9 Å². The monoisotopic (exact) mass is 352 g/mol. The number of benzene rings is 1. The summed E-state index contributed by atoms with van der Waals surface area (Å²) in [6.45, 7) is 2.25. The van der Waals surface area contributed by atoms with Crippen LogP contribution in [0, 0.1) is 12.7 Å². The van der Waals surface area contributed by atoms with Crippen LogP contribution in [0.1, 0.15) is 16.8 Å². The average molecular weight is 353 g/mol. The van der Waals surface area contributed by atoms with E-state index in [-0.39, 0.29) is 11.7 Å². The van der Waals surface area contributed by atoms with E-state index in [4.69, 9.17) is 10.9 Å². The van der Waals surface area contributed by atoms with E-state index in [9.17, 15) is 4.39 Å². The van der Waals surface area contributed by atoms with Gasteiger partial charge < -0.3 is 16.3 Å². The number of rotatable bonds is 4. The maximum atomic E-state index is 13.6. The molecule has 0 aliphatic heterocycles. The summed E-state index contributed by atoms with van der Waals surface area (Å²) in [5.41, 5.74) is 8.29. The van der Waals surface area contributed by atoms with Gasteiger partial charge in [-0.2, -0.15) is 0 Å². The Labute approximate surface area is 129 Å². The van der Waals surface area contributed by atoms with Crippen LogP contribution in [0.15, 0.2) is 40.1 Å². The van der Waals surface area contributed by atoms with Crippen LogP contribution in [0.5, 0.6) is 0 Å². The molecule has 0 amide bonds. The molecule has 0 radical (unpaired) electrons. The fourth-order valence-electron chi connectivity index (χ4n) is 1.89.